The molecule has 0 bridgehead atoms. The predicted molar refractivity (Wildman–Crippen MR) is 68.0 cm³/mol. The van der Waals surface area contributed by atoms with Crippen LogP contribution in [0.1, 0.15) is 15.9 Å². The number of nitrogens with one attached hydrogen (secondary N) is 1. The quantitative estimate of drug-likeness (QED) is 0.785. The maximum Gasteiger partial charge on any atom is 0.258 e. The van der Waals surface area contributed by atoms with Crippen LogP contribution in [0.5, 0.6) is 0 Å². The van der Waals surface area contributed by atoms with Gasteiger partial charge in [0.1, 0.15) is 5.82 Å². The fourth-order valence-electron chi connectivity index (χ4n) is 1.31. The van der Waals surface area contributed by atoms with Crippen LogP contribution in [-0.4, -0.2) is 27.3 Å². The van der Waals surface area contributed by atoms with Gasteiger partial charge in [0.2, 0.25) is 5.13 Å². The topological polar surface area (TPSA) is 93.8 Å². The summed E-state index contributed by atoms with van der Waals surface area (Å²) >= 11 is 0.920. The second kappa shape index (κ2) is 5.99. The van der Waals surface area contributed by atoms with Crippen LogP contribution in [0.4, 0.5) is 9.52 Å². The Morgan fingerprint density at radius 3 is 3.05 bits per heavy atom. The van der Waals surface area contributed by atoms with Crippen LogP contribution < -0.4 is 11.1 Å². The fraction of sp³-hybridized carbons (Fsp3) is 0.0909. The summed E-state index contributed by atoms with van der Waals surface area (Å²) in [5.41, 5.74) is 5.77. The van der Waals surface area contributed by atoms with E-state index < -0.39 is 11.7 Å². The van der Waals surface area contributed by atoms with Crippen molar-refractivity contribution in [3.63, 3.8) is 0 Å². The van der Waals surface area contributed by atoms with E-state index in [1.807, 2.05) is 0 Å². The molecule has 1 amide bonds. The average Bonchev–Trinajstić information content (AvgIpc) is 2.90. The molecule has 1 aromatic heterocycles. The van der Waals surface area contributed by atoms with Gasteiger partial charge in [-0.25, -0.2) is 4.39 Å². The number of carbonyl (C=O) groups excluding carboxylic acids is 1. The van der Waals surface area contributed by atoms with Crippen molar-refractivity contribution in [3.8, 4) is 11.8 Å². The first-order valence-electron chi connectivity index (χ1n) is 5.15. The zero-order chi connectivity index (χ0) is 13.7. The molecule has 0 unspecified atom stereocenters. The van der Waals surface area contributed by atoms with Crippen molar-refractivity contribution in [2.45, 2.75) is 0 Å². The van der Waals surface area contributed by atoms with Gasteiger partial charge in [0.15, 0.2) is 0 Å². The molecular formula is C11H8FN5OS. The number of rotatable bonds is 2. The van der Waals surface area contributed by atoms with Crippen LogP contribution in [0, 0.1) is 17.7 Å². The van der Waals surface area contributed by atoms with E-state index in [2.05, 4.69) is 32.0 Å². The highest BCUT2D eigenvalue weighted by atomic mass is 32.1. The SMILES string of the molecule is NCC#Cc1ccc(F)cc1C(=O)Nc1nnns1. The summed E-state index contributed by atoms with van der Waals surface area (Å²) < 4.78 is 16.7. The number of carbonyl (C=O) groups is 1. The van der Waals surface area contributed by atoms with Crippen LogP contribution in [0.25, 0.3) is 0 Å². The normalized spacial score (nSPS) is 9.58. The number of amides is 1. The summed E-state index contributed by atoms with van der Waals surface area (Å²) in [6, 6.07) is 3.75. The van der Waals surface area contributed by atoms with Gasteiger partial charge in [-0.05, 0) is 23.4 Å². The maximum atomic E-state index is 13.2. The molecule has 0 saturated heterocycles. The molecule has 0 atom stereocenters. The van der Waals surface area contributed by atoms with E-state index in [0.29, 0.717) is 5.56 Å². The minimum Gasteiger partial charge on any atom is -0.320 e. The largest absolute Gasteiger partial charge is 0.320 e. The second-order valence-corrected chi connectivity index (χ2v) is 4.05. The minimum absolute atomic E-state index is 0.108. The number of nitrogens with zero attached hydrogens (tertiary/aromatic N) is 3. The van der Waals surface area contributed by atoms with Gasteiger partial charge in [0, 0.05) is 17.1 Å². The molecule has 0 radical (unpaired) electrons. The minimum atomic E-state index is -0.529. The zero-order valence-corrected chi connectivity index (χ0v) is 10.4. The van der Waals surface area contributed by atoms with Gasteiger partial charge < -0.3 is 5.73 Å². The van der Waals surface area contributed by atoms with Crippen LogP contribution in [0.2, 0.25) is 0 Å². The Morgan fingerprint density at radius 1 is 1.53 bits per heavy atom. The average molecular weight is 277 g/mol. The van der Waals surface area contributed by atoms with Gasteiger partial charge in [-0.1, -0.05) is 21.4 Å². The molecule has 2 aromatic rings. The van der Waals surface area contributed by atoms with Crippen LogP contribution in [0.15, 0.2) is 18.2 Å². The molecule has 2 rings (SSSR count). The van der Waals surface area contributed by atoms with Crippen molar-refractivity contribution in [2.24, 2.45) is 5.73 Å². The van der Waals surface area contributed by atoms with E-state index in [-0.39, 0.29) is 17.2 Å². The van der Waals surface area contributed by atoms with E-state index in [4.69, 9.17) is 5.73 Å². The van der Waals surface area contributed by atoms with E-state index in [1.165, 1.54) is 12.1 Å². The number of hydrogen-bond donors (Lipinski definition) is 2. The number of nitrogens with two attached hydrogens (primary N) is 1. The van der Waals surface area contributed by atoms with Crippen molar-refractivity contribution in [1.82, 2.24) is 14.8 Å². The molecule has 0 aliphatic carbocycles. The smallest absolute Gasteiger partial charge is 0.258 e. The maximum absolute atomic E-state index is 13.2. The highest BCUT2D eigenvalue weighted by Gasteiger charge is 2.13. The van der Waals surface area contributed by atoms with Gasteiger partial charge >= 0.3 is 0 Å². The lowest BCUT2D eigenvalue weighted by atomic mass is 10.1. The molecule has 1 heterocycles. The third-order valence-electron chi connectivity index (χ3n) is 2.07. The molecule has 8 heteroatoms. The highest BCUT2D eigenvalue weighted by Crippen LogP contribution is 2.14. The first-order chi connectivity index (χ1) is 9.20. The van der Waals surface area contributed by atoms with Gasteiger partial charge in [-0.3, -0.25) is 10.1 Å². The van der Waals surface area contributed by atoms with Gasteiger partial charge in [-0.15, -0.1) is 0 Å². The Morgan fingerprint density at radius 2 is 2.37 bits per heavy atom. The summed E-state index contributed by atoms with van der Waals surface area (Å²) in [5.74, 6) is 4.27. The van der Waals surface area contributed by atoms with Crippen molar-refractivity contribution < 1.29 is 9.18 Å². The molecule has 6 nitrogen and oxygen atoms in total. The van der Waals surface area contributed by atoms with Crippen molar-refractivity contribution in [1.29, 1.82) is 0 Å². The lowest BCUT2D eigenvalue weighted by molar-refractivity contribution is 0.102. The summed E-state index contributed by atoms with van der Waals surface area (Å²) in [6.07, 6.45) is 0. The third-order valence-corrected chi connectivity index (χ3v) is 2.58. The Bertz CT molecular complexity index is 647. The van der Waals surface area contributed by atoms with Crippen LogP contribution in [-0.2, 0) is 0 Å². The molecule has 0 aliphatic heterocycles. The standard InChI is InChI=1S/C11H8FN5OS/c12-8-4-3-7(2-1-5-13)9(6-8)10(18)14-11-15-16-17-19-11/h3-4,6H,5,13H2,(H,14,15,17,18). The summed E-state index contributed by atoms with van der Waals surface area (Å²) in [5, 5.41) is 9.60. The van der Waals surface area contributed by atoms with Gasteiger partial charge in [-0.2, -0.15) is 0 Å². The summed E-state index contributed by atoms with van der Waals surface area (Å²) in [6.45, 7) is 0.152. The van der Waals surface area contributed by atoms with Crippen molar-refractivity contribution in [2.75, 3.05) is 11.9 Å². The number of aromatic nitrogens is 3. The van der Waals surface area contributed by atoms with Gasteiger partial charge in [0.05, 0.1) is 12.1 Å². The molecule has 19 heavy (non-hydrogen) atoms. The molecular weight excluding hydrogens is 269 g/mol. The number of hydrogen-bond acceptors (Lipinski definition) is 6. The van der Waals surface area contributed by atoms with E-state index >= 15 is 0 Å². The first-order valence-corrected chi connectivity index (χ1v) is 5.93. The lowest BCUT2D eigenvalue weighted by Crippen LogP contribution is -2.14. The zero-order valence-electron chi connectivity index (χ0n) is 9.55. The summed E-state index contributed by atoms with van der Waals surface area (Å²) in [7, 11) is 0. The second-order valence-electron chi connectivity index (χ2n) is 3.32. The molecule has 96 valence electrons. The Hall–Kier alpha value is -2.37. The number of benzene rings is 1. The van der Waals surface area contributed by atoms with E-state index in [0.717, 1.165) is 17.6 Å². The molecule has 0 fully saturated rings. The molecule has 0 saturated carbocycles. The monoisotopic (exact) mass is 277 g/mol. The van der Waals surface area contributed by atoms with Crippen molar-refractivity contribution in [3.05, 3.63) is 35.1 Å². The fourth-order valence-corrected chi connectivity index (χ4v) is 1.67. The summed E-state index contributed by atoms with van der Waals surface area (Å²) in [4.78, 5) is 12.0. The van der Waals surface area contributed by atoms with Crippen molar-refractivity contribution >= 4 is 22.6 Å². The Balaban J connectivity index is 2.31. The van der Waals surface area contributed by atoms with E-state index in [9.17, 15) is 9.18 Å². The Kier molecular flexibility index (Phi) is 4.12. The predicted octanol–water partition coefficient (Wildman–Crippen LogP) is 0.635. The Labute approximate surface area is 112 Å². The molecule has 0 aliphatic rings. The highest BCUT2D eigenvalue weighted by molar-refractivity contribution is 7.09. The van der Waals surface area contributed by atoms with Gasteiger partial charge in [0.25, 0.3) is 5.91 Å². The molecule has 3 N–H and O–H groups in total. The first kappa shape index (κ1) is 13.1. The lowest BCUT2D eigenvalue weighted by Gasteiger charge is -2.04. The van der Waals surface area contributed by atoms with Crippen LogP contribution in [0.3, 0.4) is 0 Å². The molecule has 1 aromatic carbocycles. The van der Waals surface area contributed by atoms with Crippen LogP contribution >= 0.6 is 11.5 Å². The number of halogens is 1. The third kappa shape index (κ3) is 3.31. The number of anilines is 1. The van der Waals surface area contributed by atoms with E-state index in [1.54, 1.807) is 0 Å². The molecule has 0 spiro atoms.